The molecule has 0 N–H and O–H groups in total. The van der Waals surface area contributed by atoms with Crippen molar-refractivity contribution in [2.75, 3.05) is 65.7 Å². The van der Waals surface area contributed by atoms with Crippen LogP contribution in [0.15, 0.2) is 12.2 Å². The van der Waals surface area contributed by atoms with E-state index in [0.29, 0.717) is 0 Å². The first-order valence-electron chi connectivity index (χ1n) is 15.3. The number of hydrogen-bond donors (Lipinski definition) is 0. The lowest BCUT2D eigenvalue weighted by atomic mass is 10.1. The number of hydrogen-bond acceptors (Lipinski definition) is 8. The van der Waals surface area contributed by atoms with Crippen LogP contribution < -0.4 is 0 Å². The molecule has 8 heteroatoms. The first kappa shape index (κ1) is 32.7. The van der Waals surface area contributed by atoms with Crippen molar-refractivity contribution in [2.24, 2.45) is 0 Å². The number of unbranched alkanes of at least 4 members (excludes halogenated alkanes) is 4. The summed E-state index contributed by atoms with van der Waals surface area (Å²) in [7, 11) is 0. The molecule has 2 rings (SSSR count). The van der Waals surface area contributed by atoms with Crippen LogP contribution in [0, 0.1) is 0 Å². The van der Waals surface area contributed by atoms with E-state index in [2.05, 4.69) is 23.6 Å². The Kier molecular flexibility index (Phi) is 18.4. The van der Waals surface area contributed by atoms with Crippen molar-refractivity contribution < 1.29 is 28.5 Å². The van der Waals surface area contributed by atoms with Crippen LogP contribution in [0.4, 0.5) is 0 Å². The molecule has 0 aromatic heterocycles. The zero-order valence-corrected chi connectivity index (χ0v) is 24.2. The second kappa shape index (κ2) is 21.4. The van der Waals surface area contributed by atoms with E-state index in [9.17, 15) is 9.59 Å². The van der Waals surface area contributed by atoms with Crippen molar-refractivity contribution in [2.45, 2.75) is 103 Å². The molecule has 38 heavy (non-hydrogen) atoms. The van der Waals surface area contributed by atoms with Crippen LogP contribution in [-0.2, 0) is 28.5 Å². The summed E-state index contributed by atoms with van der Waals surface area (Å²) in [6, 6.07) is 0. The van der Waals surface area contributed by atoms with Gasteiger partial charge >= 0.3 is 11.9 Å². The summed E-state index contributed by atoms with van der Waals surface area (Å²) in [6.07, 6.45) is 14.1. The Labute approximate surface area is 231 Å². The van der Waals surface area contributed by atoms with Crippen molar-refractivity contribution in [3.63, 3.8) is 0 Å². The molecular formula is C30H54N2O6. The zero-order valence-electron chi connectivity index (χ0n) is 24.2. The summed E-state index contributed by atoms with van der Waals surface area (Å²) in [5.41, 5.74) is 0. The third kappa shape index (κ3) is 15.8. The lowest BCUT2D eigenvalue weighted by Gasteiger charge is -2.26. The van der Waals surface area contributed by atoms with Gasteiger partial charge in [0.25, 0.3) is 0 Å². The van der Waals surface area contributed by atoms with Gasteiger partial charge in [-0.3, -0.25) is 9.80 Å². The van der Waals surface area contributed by atoms with Gasteiger partial charge in [-0.05, 0) is 64.5 Å². The van der Waals surface area contributed by atoms with E-state index in [1.54, 1.807) is 0 Å². The number of ether oxygens (including phenoxy) is 4. The third-order valence-corrected chi connectivity index (χ3v) is 7.39. The minimum Gasteiger partial charge on any atom is -0.459 e. The van der Waals surface area contributed by atoms with Crippen molar-refractivity contribution in [1.29, 1.82) is 0 Å². The van der Waals surface area contributed by atoms with Gasteiger partial charge in [0.2, 0.25) is 0 Å². The maximum atomic E-state index is 12.5. The first-order chi connectivity index (χ1) is 18.6. The Morgan fingerprint density at radius 3 is 1.37 bits per heavy atom. The van der Waals surface area contributed by atoms with E-state index in [1.807, 2.05) is 0 Å². The summed E-state index contributed by atoms with van der Waals surface area (Å²) in [5.74, 6) is -0.904. The summed E-state index contributed by atoms with van der Waals surface area (Å²) >= 11 is 0. The molecule has 220 valence electrons. The molecule has 0 aliphatic carbocycles. The van der Waals surface area contributed by atoms with Crippen molar-refractivity contribution in [3.05, 3.63) is 12.2 Å². The van der Waals surface area contributed by atoms with E-state index in [1.165, 1.54) is 12.2 Å². The van der Waals surface area contributed by atoms with Crippen LogP contribution in [0.3, 0.4) is 0 Å². The van der Waals surface area contributed by atoms with Crippen LogP contribution in [0.1, 0.15) is 90.9 Å². The molecule has 2 saturated heterocycles. The second-order valence-corrected chi connectivity index (χ2v) is 10.6. The molecule has 2 heterocycles. The fourth-order valence-corrected chi connectivity index (χ4v) is 5.00. The molecule has 8 nitrogen and oxygen atoms in total. The number of rotatable bonds is 20. The zero-order chi connectivity index (χ0) is 27.3. The summed E-state index contributed by atoms with van der Waals surface area (Å²) in [4.78, 5) is 29.8. The Morgan fingerprint density at radius 2 is 1.00 bits per heavy atom. The quantitative estimate of drug-likeness (QED) is 0.125. The number of morpholine rings is 2. The van der Waals surface area contributed by atoms with Crippen LogP contribution in [0.2, 0.25) is 0 Å². The van der Waals surface area contributed by atoms with Crippen LogP contribution in [-0.4, -0.2) is 99.6 Å². The van der Waals surface area contributed by atoms with Gasteiger partial charge in [-0.2, -0.15) is 0 Å². The number of carbonyl (C=O) groups is 2. The maximum absolute atomic E-state index is 12.5. The maximum Gasteiger partial charge on any atom is 0.331 e. The van der Waals surface area contributed by atoms with Gasteiger partial charge in [-0.25, -0.2) is 9.59 Å². The molecule has 0 spiro atoms. The average Bonchev–Trinajstić information content (AvgIpc) is 2.94. The van der Waals surface area contributed by atoms with E-state index < -0.39 is 11.9 Å². The van der Waals surface area contributed by atoms with Gasteiger partial charge in [-0.15, -0.1) is 0 Å². The van der Waals surface area contributed by atoms with E-state index in [4.69, 9.17) is 18.9 Å². The Bertz CT molecular complexity index is 593. The fraction of sp³-hybridized carbons (Fsp3) is 0.867. The second-order valence-electron chi connectivity index (χ2n) is 10.6. The molecule has 0 bridgehead atoms. The van der Waals surface area contributed by atoms with E-state index >= 15 is 0 Å². The molecule has 2 fully saturated rings. The van der Waals surface area contributed by atoms with Gasteiger partial charge in [0.05, 0.1) is 26.4 Å². The molecule has 2 atom stereocenters. The van der Waals surface area contributed by atoms with Gasteiger partial charge in [-0.1, -0.05) is 39.5 Å². The average molecular weight is 539 g/mol. The minimum atomic E-state index is -0.452. The van der Waals surface area contributed by atoms with Gasteiger partial charge in [0.15, 0.2) is 0 Å². The highest BCUT2D eigenvalue weighted by atomic mass is 16.5. The Morgan fingerprint density at radius 1 is 0.632 bits per heavy atom. The molecule has 2 aliphatic rings. The number of carbonyl (C=O) groups excluding carboxylic acids is 2. The monoisotopic (exact) mass is 538 g/mol. The van der Waals surface area contributed by atoms with E-state index in [0.717, 1.165) is 143 Å². The third-order valence-electron chi connectivity index (χ3n) is 7.39. The first-order valence-corrected chi connectivity index (χ1v) is 15.3. The normalized spacial score (nSPS) is 18.9. The highest BCUT2D eigenvalue weighted by Crippen LogP contribution is 2.16. The lowest BCUT2D eigenvalue weighted by molar-refractivity contribution is -0.146. The lowest BCUT2D eigenvalue weighted by Crippen LogP contribution is -2.36. The highest BCUT2D eigenvalue weighted by molar-refractivity contribution is 5.91. The minimum absolute atomic E-state index is 0.100. The SMILES string of the molecule is CCCCC(CCCCN1CCOCC1)OC(=O)/C=C/C(=O)OC(CCCC)CCCCN1CCOCC1. The largest absolute Gasteiger partial charge is 0.459 e. The molecule has 0 aromatic rings. The van der Waals surface area contributed by atoms with Gasteiger partial charge < -0.3 is 18.9 Å². The molecule has 0 saturated carbocycles. The Balaban J connectivity index is 1.69. The number of esters is 2. The molecule has 0 radical (unpaired) electrons. The van der Waals surface area contributed by atoms with Crippen molar-refractivity contribution in [3.8, 4) is 0 Å². The molecule has 2 unspecified atom stereocenters. The fourth-order valence-electron chi connectivity index (χ4n) is 5.00. The topological polar surface area (TPSA) is 77.5 Å². The van der Waals surface area contributed by atoms with Crippen LogP contribution in [0.25, 0.3) is 0 Å². The van der Waals surface area contributed by atoms with Gasteiger partial charge in [0.1, 0.15) is 12.2 Å². The van der Waals surface area contributed by atoms with Crippen molar-refractivity contribution in [1.82, 2.24) is 9.80 Å². The highest BCUT2D eigenvalue weighted by Gasteiger charge is 2.16. The number of nitrogens with zero attached hydrogens (tertiary/aromatic N) is 2. The summed E-state index contributed by atoms with van der Waals surface area (Å²) < 4.78 is 22.3. The molecule has 0 aromatic carbocycles. The predicted octanol–water partition coefficient (Wildman–Crippen LogP) is 4.75. The van der Waals surface area contributed by atoms with Crippen molar-refractivity contribution >= 4 is 11.9 Å². The molecule has 0 amide bonds. The Hall–Kier alpha value is -1.48. The summed E-state index contributed by atoms with van der Waals surface area (Å²) in [5, 5.41) is 0. The molecular weight excluding hydrogens is 484 g/mol. The smallest absolute Gasteiger partial charge is 0.331 e. The standard InChI is InChI=1S/C30H54N2O6/c1-3-5-11-27(13-7-9-17-31-19-23-35-24-20-31)37-29(33)15-16-30(34)38-28(12-6-4-2)14-8-10-18-32-21-25-36-26-22-32/h15-16,27-28H,3-14,17-26H2,1-2H3/b16-15+. The van der Waals surface area contributed by atoms with Gasteiger partial charge in [0, 0.05) is 38.3 Å². The van der Waals surface area contributed by atoms with Crippen LogP contribution >= 0.6 is 0 Å². The van der Waals surface area contributed by atoms with Crippen LogP contribution in [0.5, 0.6) is 0 Å². The van der Waals surface area contributed by atoms with E-state index in [-0.39, 0.29) is 12.2 Å². The predicted molar refractivity (Wildman–Crippen MR) is 150 cm³/mol. The molecule has 2 aliphatic heterocycles. The summed E-state index contributed by atoms with van der Waals surface area (Å²) in [6.45, 7) is 13.7.